The quantitative estimate of drug-likeness (QED) is 0.870. The van der Waals surface area contributed by atoms with Crippen molar-refractivity contribution in [3.8, 4) is 0 Å². The van der Waals surface area contributed by atoms with Crippen molar-refractivity contribution >= 4 is 0 Å². The van der Waals surface area contributed by atoms with E-state index in [0.29, 0.717) is 6.04 Å². The molecule has 0 aliphatic carbocycles. The van der Waals surface area contributed by atoms with Crippen molar-refractivity contribution in [1.29, 1.82) is 0 Å². The van der Waals surface area contributed by atoms with Crippen LogP contribution in [0.5, 0.6) is 0 Å². The van der Waals surface area contributed by atoms with Gasteiger partial charge in [-0.15, -0.1) is 0 Å². The van der Waals surface area contributed by atoms with Crippen LogP contribution in [0.2, 0.25) is 0 Å². The van der Waals surface area contributed by atoms with E-state index in [4.69, 9.17) is 4.52 Å². The summed E-state index contributed by atoms with van der Waals surface area (Å²) in [6, 6.07) is 0.678. The van der Waals surface area contributed by atoms with Gasteiger partial charge < -0.3 is 14.7 Å². The zero-order valence-corrected chi connectivity index (χ0v) is 12.0. The van der Waals surface area contributed by atoms with Crippen LogP contribution in [0.4, 0.5) is 0 Å². The van der Waals surface area contributed by atoms with Crippen molar-refractivity contribution in [2.45, 2.75) is 46.7 Å². The fraction of sp³-hybridized carbons (Fsp3) is 0.786. The zero-order chi connectivity index (χ0) is 13.1. The second kappa shape index (κ2) is 5.85. The maximum absolute atomic E-state index is 5.17. The number of nitrogens with zero attached hydrogens (tertiary/aromatic N) is 2. The Labute approximate surface area is 110 Å². The SMILES string of the molecule is Cc1noc(C)c1CNCC1CCN(C(C)C)C1. The number of rotatable bonds is 5. The smallest absolute Gasteiger partial charge is 0.138 e. The molecule has 102 valence electrons. The van der Waals surface area contributed by atoms with Crippen LogP contribution in [0.3, 0.4) is 0 Å². The number of hydrogen-bond donors (Lipinski definition) is 1. The van der Waals surface area contributed by atoms with Crippen LogP contribution in [-0.4, -0.2) is 35.7 Å². The Kier molecular flexibility index (Phi) is 4.40. The average Bonchev–Trinajstić information content (AvgIpc) is 2.90. The lowest BCUT2D eigenvalue weighted by molar-refractivity contribution is 0.264. The number of hydrogen-bond acceptors (Lipinski definition) is 4. The van der Waals surface area contributed by atoms with Crippen LogP contribution in [0.1, 0.15) is 37.3 Å². The largest absolute Gasteiger partial charge is 0.361 e. The molecule has 2 rings (SSSR count). The zero-order valence-electron chi connectivity index (χ0n) is 12.0. The first-order valence-electron chi connectivity index (χ1n) is 6.94. The molecule has 1 aromatic rings. The molecule has 1 N–H and O–H groups in total. The van der Waals surface area contributed by atoms with Gasteiger partial charge in [0.2, 0.25) is 0 Å². The molecule has 1 aromatic heterocycles. The van der Waals surface area contributed by atoms with E-state index in [0.717, 1.165) is 30.5 Å². The molecule has 4 nitrogen and oxygen atoms in total. The van der Waals surface area contributed by atoms with Gasteiger partial charge in [0.1, 0.15) is 5.76 Å². The van der Waals surface area contributed by atoms with Crippen molar-refractivity contribution in [2.75, 3.05) is 19.6 Å². The van der Waals surface area contributed by atoms with Crippen LogP contribution in [0.15, 0.2) is 4.52 Å². The lowest BCUT2D eigenvalue weighted by Gasteiger charge is -2.20. The second-order valence-electron chi connectivity index (χ2n) is 5.68. The Bertz CT molecular complexity index is 367. The van der Waals surface area contributed by atoms with Crippen LogP contribution < -0.4 is 5.32 Å². The molecule has 0 aromatic carbocycles. The third-order valence-electron chi connectivity index (χ3n) is 3.96. The topological polar surface area (TPSA) is 41.3 Å². The van der Waals surface area contributed by atoms with E-state index in [1.165, 1.54) is 25.1 Å². The summed E-state index contributed by atoms with van der Waals surface area (Å²) >= 11 is 0. The number of aryl methyl sites for hydroxylation is 2. The van der Waals surface area contributed by atoms with E-state index in [1.54, 1.807) is 0 Å². The third kappa shape index (κ3) is 3.12. The summed E-state index contributed by atoms with van der Waals surface area (Å²) in [7, 11) is 0. The standard InChI is InChI=1S/C14H25N3O/c1-10(2)17-6-5-13(9-17)7-15-8-14-11(3)16-18-12(14)4/h10,13,15H,5-9H2,1-4H3. The van der Waals surface area contributed by atoms with Crippen molar-refractivity contribution in [2.24, 2.45) is 5.92 Å². The molecule has 0 radical (unpaired) electrons. The summed E-state index contributed by atoms with van der Waals surface area (Å²) < 4.78 is 5.17. The molecule has 2 heterocycles. The van der Waals surface area contributed by atoms with E-state index in [2.05, 4.69) is 29.2 Å². The molecular weight excluding hydrogens is 226 g/mol. The Morgan fingerprint density at radius 2 is 2.22 bits per heavy atom. The molecule has 0 saturated carbocycles. The van der Waals surface area contributed by atoms with Gasteiger partial charge in [0.05, 0.1) is 5.69 Å². The first-order chi connectivity index (χ1) is 8.58. The van der Waals surface area contributed by atoms with E-state index in [1.807, 2.05) is 13.8 Å². The minimum atomic E-state index is 0.678. The molecule has 1 atom stereocenters. The predicted octanol–water partition coefficient (Wildman–Crippen LogP) is 2.11. The van der Waals surface area contributed by atoms with Gasteiger partial charge in [-0.05, 0) is 53.1 Å². The molecule has 0 bridgehead atoms. The number of aromatic nitrogens is 1. The van der Waals surface area contributed by atoms with Gasteiger partial charge in [-0.3, -0.25) is 0 Å². The molecule has 1 unspecified atom stereocenters. The van der Waals surface area contributed by atoms with E-state index in [9.17, 15) is 0 Å². The Morgan fingerprint density at radius 3 is 2.78 bits per heavy atom. The van der Waals surface area contributed by atoms with Crippen molar-refractivity contribution < 1.29 is 4.52 Å². The van der Waals surface area contributed by atoms with Gasteiger partial charge in [0.25, 0.3) is 0 Å². The molecule has 1 aliphatic rings. The highest BCUT2D eigenvalue weighted by molar-refractivity contribution is 5.20. The predicted molar refractivity (Wildman–Crippen MR) is 72.5 cm³/mol. The van der Waals surface area contributed by atoms with Crippen LogP contribution in [0, 0.1) is 19.8 Å². The van der Waals surface area contributed by atoms with Gasteiger partial charge in [0.15, 0.2) is 0 Å². The minimum absolute atomic E-state index is 0.678. The average molecular weight is 251 g/mol. The van der Waals surface area contributed by atoms with Gasteiger partial charge >= 0.3 is 0 Å². The maximum Gasteiger partial charge on any atom is 0.138 e. The van der Waals surface area contributed by atoms with Gasteiger partial charge in [-0.25, -0.2) is 0 Å². The monoisotopic (exact) mass is 251 g/mol. The lowest BCUT2D eigenvalue weighted by atomic mass is 10.1. The van der Waals surface area contributed by atoms with Crippen LogP contribution in [-0.2, 0) is 6.54 Å². The highest BCUT2D eigenvalue weighted by atomic mass is 16.5. The molecule has 0 amide bonds. The molecule has 4 heteroatoms. The Balaban J connectivity index is 1.74. The Morgan fingerprint density at radius 1 is 1.44 bits per heavy atom. The van der Waals surface area contributed by atoms with Gasteiger partial charge in [-0.1, -0.05) is 5.16 Å². The molecule has 1 aliphatic heterocycles. The van der Waals surface area contributed by atoms with Gasteiger partial charge in [-0.2, -0.15) is 0 Å². The second-order valence-corrected chi connectivity index (χ2v) is 5.68. The lowest BCUT2D eigenvalue weighted by Crippen LogP contribution is -2.30. The van der Waals surface area contributed by atoms with E-state index in [-0.39, 0.29) is 0 Å². The first-order valence-corrected chi connectivity index (χ1v) is 6.94. The summed E-state index contributed by atoms with van der Waals surface area (Å²) in [5.74, 6) is 1.73. The van der Waals surface area contributed by atoms with Crippen molar-refractivity contribution in [3.63, 3.8) is 0 Å². The maximum atomic E-state index is 5.17. The third-order valence-corrected chi connectivity index (χ3v) is 3.96. The fourth-order valence-corrected chi connectivity index (χ4v) is 2.65. The molecule has 1 fully saturated rings. The van der Waals surface area contributed by atoms with Crippen molar-refractivity contribution in [1.82, 2.24) is 15.4 Å². The molecule has 1 saturated heterocycles. The van der Waals surface area contributed by atoms with E-state index >= 15 is 0 Å². The first kappa shape index (κ1) is 13.6. The summed E-state index contributed by atoms with van der Waals surface area (Å²) in [5, 5.41) is 7.52. The summed E-state index contributed by atoms with van der Waals surface area (Å²) in [6.45, 7) is 13.0. The highest BCUT2D eigenvalue weighted by Crippen LogP contribution is 2.18. The fourth-order valence-electron chi connectivity index (χ4n) is 2.65. The summed E-state index contributed by atoms with van der Waals surface area (Å²) in [4.78, 5) is 2.56. The molecular formula is C14H25N3O. The number of likely N-dealkylation sites (tertiary alicyclic amines) is 1. The van der Waals surface area contributed by atoms with Crippen LogP contribution in [0.25, 0.3) is 0 Å². The molecule has 0 spiro atoms. The minimum Gasteiger partial charge on any atom is -0.361 e. The number of nitrogens with one attached hydrogen (secondary N) is 1. The highest BCUT2D eigenvalue weighted by Gasteiger charge is 2.23. The van der Waals surface area contributed by atoms with Crippen molar-refractivity contribution in [3.05, 3.63) is 17.0 Å². The Hall–Kier alpha value is -0.870. The van der Waals surface area contributed by atoms with Gasteiger partial charge in [0, 0.05) is 24.7 Å². The van der Waals surface area contributed by atoms with E-state index < -0.39 is 0 Å². The molecule has 18 heavy (non-hydrogen) atoms. The normalized spacial score (nSPS) is 21.1. The van der Waals surface area contributed by atoms with Crippen LogP contribution >= 0.6 is 0 Å². The summed E-state index contributed by atoms with van der Waals surface area (Å²) in [6.07, 6.45) is 1.31. The summed E-state index contributed by atoms with van der Waals surface area (Å²) in [5.41, 5.74) is 2.23.